The van der Waals surface area contributed by atoms with E-state index in [-0.39, 0.29) is 28.8 Å². The monoisotopic (exact) mass is 549 g/mol. The van der Waals surface area contributed by atoms with Crippen LogP contribution in [0.4, 0.5) is 5.13 Å². The maximum atomic E-state index is 13.1. The molecule has 2 aliphatic rings. The minimum atomic E-state index is -0.953. The number of nitrogen functional groups attached to an aromatic ring is 1. The first-order chi connectivity index (χ1) is 17.5. The number of hydrogen-bond acceptors (Lipinski definition) is 12. The van der Waals surface area contributed by atoms with Gasteiger partial charge in [-0.15, -0.1) is 23.1 Å². The van der Waals surface area contributed by atoms with Crippen molar-refractivity contribution < 1.29 is 33.5 Å². The fraction of sp³-hybridized carbons (Fsp3) is 0.391. The molecular weight excluding hydrogens is 522 g/mol. The van der Waals surface area contributed by atoms with Gasteiger partial charge in [-0.25, -0.2) is 9.78 Å². The van der Waals surface area contributed by atoms with E-state index < -0.39 is 47.4 Å². The number of oxime groups is 1. The second-order valence-corrected chi connectivity index (χ2v) is 10.8. The number of carbonyl (C=O) groups is 4. The van der Waals surface area contributed by atoms with E-state index in [9.17, 15) is 19.2 Å². The second kappa shape index (κ2) is 11.6. The zero-order chi connectivity index (χ0) is 27.3. The summed E-state index contributed by atoms with van der Waals surface area (Å²) in [5, 5.41) is 7.63. The van der Waals surface area contributed by atoms with Crippen LogP contribution in [-0.4, -0.2) is 69.9 Å². The molecule has 14 heteroatoms. The molecule has 3 N–H and O–H groups in total. The van der Waals surface area contributed by atoms with Gasteiger partial charge in [0.05, 0.1) is 5.41 Å². The molecule has 0 aromatic carbocycles. The molecule has 1 fully saturated rings. The predicted molar refractivity (Wildman–Crippen MR) is 138 cm³/mol. The molecule has 37 heavy (non-hydrogen) atoms. The number of thioether (sulfide) groups is 1. The summed E-state index contributed by atoms with van der Waals surface area (Å²) in [4.78, 5) is 61.2. The highest BCUT2D eigenvalue weighted by molar-refractivity contribution is 8.00. The Hall–Kier alpha value is -3.65. The number of carbonyl (C=O) groups excluding carboxylic acids is 4. The van der Waals surface area contributed by atoms with Crippen LogP contribution in [0.5, 0.6) is 0 Å². The summed E-state index contributed by atoms with van der Waals surface area (Å²) in [6.07, 6.45) is 2.91. The van der Waals surface area contributed by atoms with Gasteiger partial charge in [-0.3, -0.25) is 19.3 Å². The van der Waals surface area contributed by atoms with E-state index in [0.717, 1.165) is 11.3 Å². The van der Waals surface area contributed by atoms with E-state index in [1.165, 1.54) is 34.2 Å². The highest BCUT2D eigenvalue weighted by Gasteiger charge is 2.54. The standard InChI is InChI=1S/C23H27N5O7S2/c1-6-8-35-27-14(13-10-37-22(24)25-13)17(29)26-15-18(30)28-16(12(7-2)9-36-19(15)28)20(31)33-11-34-21(32)23(3,4)5/h6-7,10,15,19H,1-2,8-9,11H2,3-5H3,(H2,24,25)(H,26,29)/t15?,19-/m1/s1. The van der Waals surface area contributed by atoms with Crippen molar-refractivity contribution in [2.45, 2.75) is 32.2 Å². The van der Waals surface area contributed by atoms with E-state index in [1.807, 2.05) is 0 Å². The molecule has 2 atom stereocenters. The Morgan fingerprint density at radius 3 is 2.65 bits per heavy atom. The zero-order valence-electron chi connectivity index (χ0n) is 20.5. The first-order valence-corrected chi connectivity index (χ1v) is 12.9. The van der Waals surface area contributed by atoms with Gasteiger partial charge in [-0.1, -0.05) is 30.5 Å². The van der Waals surface area contributed by atoms with Crippen molar-refractivity contribution in [1.29, 1.82) is 0 Å². The molecule has 0 aliphatic carbocycles. The van der Waals surface area contributed by atoms with Crippen LogP contribution in [0.2, 0.25) is 0 Å². The average molecular weight is 550 g/mol. The third-order valence-electron chi connectivity index (χ3n) is 5.04. The summed E-state index contributed by atoms with van der Waals surface area (Å²) in [5.41, 5.74) is 5.39. The number of amides is 2. The molecular formula is C23H27N5O7S2. The second-order valence-electron chi connectivity index (χ2n) is 8.77. The van der Waals surface area contributed by atoms with Gasteiger partial charge < -0.3 is 25.4 Å². The molecule has 3 heterocycles. The minimum absolute atomic E-state index is 0.0171. The van der Waals surface area contributed by atoms with Crippen LogP contribution < -0.4 is 11.1 Å². The van der Waals surface area contributed by atoms with Crippen molar-refractivity contribution in [1.82, 2.24) is 15.2 Å². The highest BCUT2D eigenvalue weighted by atomic mass is 32.2. The number of β-lactam (4-membered cyclic amide) rings is 1. The van der Waals surface area contributed by atoms with Crippen LogP contribution in [0.3, 0.4) is 0 Å². The van der Waals surface area contributed by atoms with Gasteiger partial charge in [0.25, 0.3) is 11.8 Å². The van der Waals surface area contributed by atoms with Gasteiger partial charge in [0, 0.05) is 11.1 Å². The molecule has 3 rings (SSSR count). The molecule has 0 saturated carbocycles. The summed E-state index contributed by atoms with van der Waals surface area (Å²) in [7, 11) is 0. The van der Waals surface area contributed by atoms with Crippen molar-refractivity contribution in [2.75, 3.05) is 24.9 Å². The van der Waals surface area contributed by atoms with Crippen LogP contribution in [0.15, 0.2) is 47.1 Å². The Morgan fingerprint density at radius 1 is 1.32 bits per heavy atom. The average Bonchev–Trinajstić information content (AvgIpc) is 3.28. The molecule has 1 saturated heterocycles. The minimum Gasteiger partial charge on any atom is -0.427 e. The van der Waals surface area contributed by atoms with Crippen molar-refractivity contribution in [3.8, 4) is 0 Å². The number of hydrogen-bond donors (Lipinski definition) is 2. The predicted octanol–water partition coefficient (Wildman–Crippen LogP) is 1.56. The lowest BCUT2D eigenvalue weighted by molar-refractivity contribution is -0.173. The van der Waals surface area contributed by atoms with Gasteiger partial charge >= 0.3 is 11.9 Å². The van der Waals surface area contributed by atoms with Crippen LogP contribution in [0.25, 0.3) is 0 Å². The number of ether oxygens (including phenoxy) is 2. The number of nitrogens with zero attached hydrogens (tertiary/aromatic N) is 3. The molecule has 2 aliphatic heterocycles. The van der Waals surface area contributed by atoms with E-state index >= 15 is 0 Å². The smallest absolute Gasteiger partial charge is 0.358 e. The Morgan fingerprint density at radius 2 is 2.05 bits per heavy atom. The topological polar surface area (TPSA) is 163 Å². The van der Waals surface area contributed by atoms with Crippen molar-refractivity contribution >= 4 is 57.7 Å². The SMILES string of the molecule is C=CCON=C(C(=O)NC1C(=O)N2C(C(=O)OCOC(=O)C(C)(C)C)=C(C=C)CS[C@H]12)c1csc(N)n1. The van der Waals surface area contributed by atoms with E-state index in [2.05, 4.69) is 28.6 Å². The number of fused-ring (bicyclic) bond motifs is 1. The summed E-state index contributed by atoms with van der Waals surface area (Å²) < 4.78 is 10.1. The Bertz CT molecular complexity index is 1180. The van der Waals surface area contributed by atoms with Gasteiger partial charge in [0.2, 0.25) is 6.79 Å². The Kier molecular flexibility index (Phi) is 8.76. The quantitative estimate of drug-likeness (QED) is 0.0833. The number of nitrogens with two attached hydrogens (primary N) is 1. The van der Waals surface area contributed by atoms with E-state index in [4.69, 9.17) is 20.0 Å². The molecule has 1 unspecified atom stereocenters. The van der Waals surface area contributed by atoms with Crippen LogP contribution >= 0.6 is 23.1 Å². The van der Waals surface area contributed by atoms with Crippen LogP contribution in [0.1, 0.15) is 26.5 Å². The maximum absolute atomic E-state index is 13.1. The number of anilines is 1. The molecule has 1 aromatic rings. The number of rotatable bonds is 10. The molecule has 0 bridgehead atoms. The van der Waals surface area contributed by atoms with Crippen molar-refractivity contribution in [3.05, 3.63) is 47.7 Å². The molecule has 0 spiro atoms. The summed E-state index contributed by atoms with van der Waals surface area (Å²) in [5.74, 6) is -2.30. The Labute approximate surface area is 221 Å². The lowest BCUT2D eigenvalue weighted by atomic mass is 9.98. The van der Waals surface area contributed by atoms with Gasteiger partial charge in [0.1, 0.15) is 29.4 Å². The molecule has 2 amide bonds. The third-order valence-corrected chi connectivity index (χ3v) is 7.02. The normalized spacial score (nSPS) is 19.4. The molecule has 12 nitrogen and oxygen atoms in total. The fourth-order valence-electron chi connectivity index (χ4n) is 3.18. The lowest BCUT2D eigenvalue weighted by Gasteiger charge is -2.49. The summed E-state index contributed by atoms with van der Waals surface area (Å²) >= 11 is 2.45. The summed E-state index contributed by atoms with van der Waals surface area (Å²) in [6.45, 7) is 11.7. The maximum Gasteiger partial charge on any atom is 0.358 e. The highest BCUT2D eigenvalue weighted by Crippen LogP contribution is 2.41. The van der Waals surface area contributed by atoms with Gasteiger partial charge in [-0.05, 0) is 26.3 Å². The zero-order valence-corrected chi connectivity index (χ0v) is 22.1. The van der Waals surface area contributed by atoms with E-state index in [0.29, 0.717) is 11.3 Å². The lowest BCUT2D eigenvalue weighted by Crippen LogP contribution is -2.71. The number of thiazole rings is 1. The van der Waals surface area contributed by atoms with Crippen LogP contribution in [-0.2, 0) is 33.5 Å². The van der Waals surface area contributed by atoms with Crippen molar-refractivity contribution in [3.63, 3.8) is 0 Å². The third kappa shape index (κ3) is 6.20. The number of esters is 2. The number of allylic oxidation sites excluding steroid dienone is 1. The number of aromatic nitrogens is 1. The molecule has 198 valence electrons. The number of nitrogens with one attached hydrogen (secondary N) is 1. The Balaban J connectivity index is 1.72. The van der Waals surface area contributed by atoms with Crippen molar-refractivity contribution in [2.24, 2.45) is 10.6 Å². The van der Waals surface area contributed by atoms with Gasteiger partial charge in [0.15, 0.2) is 10.8 Å². The fourth-order valence-corrected chi connectivity index (χ4v) is 5.06. The first-order valence-electron chi connectivity index (χ1n) is 11.0. The largest absolute Gasteiger partial charge is 0.427 e. The summed E-state index contributed by atoms with van der Waals surface area (Å²) in [6, 6.07) is -0.953. The van der Waals surface area contributed by atoms with Gasteiger partial charge in [-0.2, -0.15) is 0 Å². The molecule has 0 radical (unpaired) electrons. The van der Waals surface area contributed by atoms with E-state index in [1.54, 1.807) is 20.8 Å². The molecule has 1 aromatic heterocycles. The first kappa shape index (κ1) is 27.9. The van der Waals surface area contributed by atoms with Crippen LogP contribution in [0, 0.1) is 5.41 Å².